The number of hydrogen-bond acceptors (Lipinski definition) is 9. The van der Waals surface area contributed by atoms with E-state index in [-0.39, 0.29) is 16.1 Å². The Balaban J connectivity index is 1.34. The Bertz CT molecular complexity index is 1560. The molecule has 12 heteroatoms. The zero-order valence-corrected chi connectivity index (χ0v) is 24.6. The van der Waals surface area contributed by atoms with Crippen LogP contribution in [-0.2, 0) is 10.0 Å². The average molecular weight is 580 g/mol. The average Bonchev–Trinajstić information content (AvgIpc) is 3.33. The molecule has 1 atom stereocenters. The first-order valence-corrected chi connectivity index (χ1v) is 15.8. The molecule has 1 unspecified atom stereocenters. The van der Waals surface area contributed by atoms with Gasteiger partial charge in [-0.05, 0) is 88.0 Å². The van der Waals surface area contributed by atoms with E-state index in [1.807, 2.05) is 0 Å². The smallest absolute Gasteiger partial charge is 0.281 e. The number of pyridine rings is 2. The van der Waals surface area contributed by atoms with Gasteiger partial charge in [0.1, 0.15) is 11.6 Å². The molecule has 5 heterocycles. The molecule has 3 aromatic rings. The summed E-state index contributed by atoms with van der Waals surface area (Å²) in [5, 5.41) is 7.55. The van der Waals surface area contributed by atoms with Gasteiger partial charge in [0.2, 0.25) is 5.88 Å². The first-order chi connectivity index (χ1) is 19.5. The largest absolute Gasteiger partial charge is 0.477 e. The number of fused-ring (bicyclic) bond motifs is 6. The molecular weight excluding hydrogens is 542 g/mol. The molecule has 1 saturated carbocycles. The van der Waals surface area contributed by atoms with Gasteiger partial charge >= 0.3 is 0 Å². The maximum atomic E-state index is 13.6. The topological polar surface area (TPSA) is 131 Å². The van der Waals surface area contributed by atoms with E-state index in [9.17, 15) is 13.2 Å². The van der Waals surface area contributed by atoms with Crippen molar-refractivity contribution < 1.29 is 17.9 Å². The molecule has 2 aliphatic heterocycles. The van der Waals surface area contributed by atoms with Crippen molar-refractivity contribution in [1.82, 2.24) is 24.5 Å². The lowest BCUT2D eigenvalue weighted by Crippen LogP contribution is -2.41. The van der Waals surface area contributed by atoms with E-state index in [4.69, 9.17) is 9.72 Å². The van der Waals surface area contributed by atoms with Crippen LogP contribution in [0.5, 0.6) is 5.88 Å². The van der Waals surface area contributed by atoms with Crippen LogP contribution in [-0.4, -0.2) is 59.3 Å². The Morgan fingerprint density at radius 2 is 1.93 bits per heavy atom. The second-order valence-corrected chi connectivity index (χ2v) is 14.0. The second-order valence-electron chi connectivity index (χ2n) is 12.4. The summed E-state index contributed by atoms with van der Waals surface area (Å²) in [5.74, 6) is 1.54. The van der Waals surface area contributed by atoms with Crippen molar-refractivity contribution in [2.45, 2.75) is 69.9 Å². The molecule has 2 N–H and O–H groups in total. The van der Waals surface area contributed by atoms with Gasteiger partial charge in [-0.15, -0.1) is 5.10 Å². The number of amides is 1. The number of sulfonamides is 1. The molecule has 4 bridgehead atoms. The summed E-state index contributed by atoms with van der Waals surface area (Å²) in [5.41, 5.74) is 0.283. The summed E-state index contributed by atoms with van der Waals surface area (Å²) in [7, 11) is -4.22. The van der Waals surface area contributed by atoms with Crippen molar-refractivity contribution in [2.75, 3.05) is 29.9 Å². The minimum atomic E-state index is -4.22. The minimum Gasteiger partial charge on any atom is -0.477 e. The number of nitrogens with one attached hydrogen (secondary N) is 2. The van der Waals surface area contributed by atoms with E-state index in [1.165, 1.54) is 18.9 Å². The van der Waals surface area contributed by atoms with Crippen LogP contribution in [0.1, 0.15) is 69.7 Å². The second kappa shape index (κ2) is 10.3. The minimum absolute atomic E-state index is 0.177. The van der Waals surface area contributed by atoms with Crippen LogP contribution >= 0.6 is 0 Å². The Morgan fingerprint density at radius 3 is 2.73 bits per heavy atom. The van der Waals surface area contributed by atoms with Gasteiger partial charge in [0.25, 0.3) is 15.9 Å². The molecule has 1 amide bonds. The van der Waals surface area contributed by atoms with Crippen LogP contribution in [0.25, 0.3) is 5.82 Å². The van der Waals surface area contributed by atoms with E-state index in [0.29, 0.717) is 54.4 Å². The van der Waals surface area contributed by atoms with Gasteiger partial charge in [-0.25, -0.2) is 19.4 Å². The maximum Gasteiger partial charge on any atom is 0.281 e. The van der Waals surface area contributed by atoms with E-state index in [1.54, 1.807) is 41.2 Å². The molecule has 41 heavy (non-hydrogen) atoms. The molecule has 1 saturated heterocycles. The zero-order chi connectivity index (χ0) is 28.8. The number of nitrogens with zero attached hydrogens (tertiary/aromatic N) is 5. The van der Waals surface area contributed by atoms with E-state index in [2.05, 4.69) is 45.8 Å². The molecule has 6 rings (SSSR count). The van der Waals surface area contributed by atoms with Gasteiger partial charge in [0, 0.05) is 30.9 Å². The van der Waals surface area contributed by atoms with Crippen molar-refractivity contribution in [3.8, 4) is 11.7 Å². The molecule has 3 aromatic heterocycles. The first-order valence-electron chi connectivity index (χ1n) is 14.3. The normalized spacial score (nSPS) is 22.5. The molecule has 0 spiro atoms. The van der Waals surface area contributed by atoms with Gasteiger partial charge < -0.3 is 15.0 Å². The van der Waals surface area contributed by atoms with Crippen LogP contribution in [0.4, 0.5) is 11.6 Å². The van der Waals surface area contributed by atoms with Crippen molar-refractivity contribution >= 4 is 27.6 Å². The highest BCUT2D eigenvalue weighted by molar-refractivity contribution is 7.90. The zero-order valence-electron chi connectivity index (χ0n) is 23.8. The third-order valence-corrected chi connectivity index (χ3v) is 9.73. The van der Waals surface area contributed by atoms with Gasteiger partial charge in [0.15, 0.2) is 10.8 Å². The summed E-state index contributed by atoms with van der Waals surface area (Å²) in [6.45, 7) is 8.52. The Morgan fingerprint density at radius 1 is 1.10 bits per heavy atom. The lowest BCUT2D eigenvalue weighted by molar-refractivity contribution is 0.0981. The predicted molar refractivity (Wildman–Crippen MR) is 155 cm³/mol. The standard InChI is InChI=1S/C29H37N7O4S/c1-28(2)18-20-6-5-15-30-22-7-4-8-25(31-22)41(38,39)34-27(37)21-9-10-23(32-26(21)35(28)19-20)36-16-11-24(33-36)40-17-14-29(3)12-13-29/h4,7-11,16,20H,5-6,12-15,17-19H2,1-3H3,(H,30,31)(H,34,37). The number of hydrogen-bond donors (Lipinski definition) is 2. The molecule has 218 valence electrons. The predicted octanol–water partition coefficient (Wildman–Crippen LogP) is 4.16. The maximum absolute atomic E-state index is 13.6. The monoisotopic (exact) mass is 579 g/mol. The van der Waals surface area contributed by atoms with Gasteiger partial charge in [0.05, 0.1) is 12.2 Å². The Labute approximate surface area is 240 Å². The van der Waals surface area contributed by atoms with Crippen LogP contribution < -0.4 is 19.7 Å². The van der Waals surface area contributed by atoms with Crippen LogP contribution in [0.3, 0.4) is 0 Å². The number of rotatable bonds is 5. The van der Waals surface area contributed by atoms with Gasteiger partial charge in [-0.1, -0.05) is 13.0 Å². The van der Waals surface area contributed by atoms with Crippen LogP contribution in [0, 0.1) is 11.3 Å². The number of anilines is 2. The van der Waals surface area contributed by atoms with Crippen LogP contribution in [0.2, 0.25) is 0 Å². The van der Waals surface area contributed by atoms with Gasteiger partial charge in [-0.2, -0.15) is 8.42 Å². The molecule has 2 fully saturated rings. The van der Waals surface area contributed by atoms with E-state index in [0.717, 1.165) is 25.7 Å². The molecule has 1 aliphatic carbocycles. The third kappa shape index (κ3) is 5.88. The number of aromatic nitrogens is 4. The number of carbonyl (C=O) groups excluding carboxylic acids is 1. The number of carbonyl (C=O) groups is 1. The fourth-order valence-corrected chi connectivity index (χ4v) is 6.71. The quantitative estimate of drug-likeness (QED) is 0.457. The highest BCUT2D eigenvalue weighted by atomic mass is 32.2. The van der Waals surface area contributed by atoms with Crippen molar-refractivity contribution in [1.29, 1.82) is 0 Å². The van der Waals surface area contributed by atoms with Crippen molar-refractivity contribution in [3.05, 3.63) is 48.2 Å². The van der Waals surface area contributed by atoms with Crippen LogP contribution in [0.15, 0.2) is 47.6 Å². The Hall–Kier alpha value is -3.67. The SMILES string of the molecule is CC1(CCOc2ccn(-c3ccc4c(n3)N3CC(CCCNc5cccc(n5)S(=O)(=O)NC4=O)CC3(C)C)n2)CC1. The molecular formula is C29H37N7O4S. The van der Waals surface area contributed by atoms with E-state index >= 15 is 0 Å². The highest BCUT2D eigenvalue weighted by Crippen LogP contribution is 2.48. The highest BCUT2D eigenvalue weighted by Gasteiger charge is 2.41. The van der Waals surface area contributed by atoms with Crippen molar-refractivity contribution in [3.63, 3.8) is 0 Å². The summed E-state index contributed by atoms with van der Waals surface area (Å²) in [6, 6.07) is 9.79. The first kappa shape index (κ1) is 27.5. The molecule has 0 aromatic carbocycles. The summed E-state index contributed by atoms with van der Waals surface area (Å²) < 4.78 is 36.1. The lowest BCUT2D eigenvalue weighted by atomic mass is 9.93. The molecule has 0 radical (unpaired) electrons. The molecule has 3 aliphatic rings. The summed E-state index contributed by atoms with van der Waals surface area (Å²) in [4.78, 5) is 24.8. The van der Waals surface area contributed by atoms with Gasteiger partial charge in [-0.3, -0.25) is 4.79 Å². The van der Waals surface area contributed by atoms with Crippen molar-refractivity contribution in [2.24, 2.45) is 11.3 Å². The summed E-state index contributed by atoms with van der Waals surface area (Å²) in [6.07, 6.45) is 8.06. The third-order valence-electron chi connectivity index (χ3n) is 8.50. The Kier molecular flexibility index (Phi) is 6.91. The fraction of sp³-hybridized carbons (Fsp3) is 0.517. The number of ether oxygens (including phenoxy) is 1. The van der Waals surface area contributed by atoms with E-state index < -0.39 is 15.9 Å². The fourth-order valence-electron chi connectivity index (χ4n) is 5.78. The molecule has 11 nitrogen and oxygen atoms in total. The summed E-state index contributed by atoms with van der Waals surface area (Å²) >= 11 is 0. The lowest BCUT2D eigenvalue weighted by Gasteiger charge is -2.34.